The van der Waals surface area contributed by atoms with Gasteiger partial charge in [-0.05, 0) is 6.92 Å². The van der Waals surface area contributed by atoms with E-state index in [-0.39, 0.29) is 17.8 Å². The minimum atomic E-state index is -0.400. The second kappa shape index (κ2) is 8.67. The Kier molecular flexibility index (Phi) is 8.31. The summed E-state index contributed by atoms with van der Waals surface area (Å²) in [7, 11) is 1.54. The van der Waals surface area contributed by atoms with Crippen LogP contribution in [-0.2, 0) is 19.1 Å². The van der Waals surface area contributed by atoms with Gasteiger partial charge in [-0.2, -0.15) is 0 Å². The van der Waals surface area contributed by atoms with Gasteiger partial charge in [-0.25, -0.2) is 0 Å². The number of hydrogen-bond acceptors (Lipinski definition) is 4. The van der Waals surface area contributed by atoms with E-state index in [1.807, 2.05) is 0 Å². The number of esters is 1. The fourth-order valence-electron chi connectivity index (χ4n) is 0.940. The Morgan fingerprint density at radius 2 is 2.07 bits per heavy atom. The quantitative estimate of drug-likeness (QED) is 0.501. The van der Waals surface area contributed by atoms with Gasteiger partial charge in [-0.1, -0.05) is 15.9 Å². The molecule has 0 radical (unpaired) electrons. The van der Waals surface area contributed by atoms with E-state index in [0.29, 0.717) is 19.8 Å². The number of halogens is 1. The predicted molar refractivity (Wildman–Crippen MR) is 58.9 cm³/mol. The maximum absolute atomic E-state index is 11.4. The van der Waals surface area contributed by atoms with Crippen molar-refractivity contribution in [3.05, 3.63) is 0 Å². The second-order valence-electron chi connectivity index (χ2n) is 2.75. The van der Waals surface area contributed by atoms with E-state index in [4.69, 9.17) is 9.47 Å². The first kappa shape index (κ1) is 14.4. The monoisotopic (exact) mass is 281 g/mol. The van der Waals surface area contributed by atoms with Crippen LogP contribution in [0.3, 0.4) is 0 Å². The van der Waals surface area contributed by atoms with Crippen LogP contribution in [0, 0.1) is 0 Å². The molecule has 0 rings (SSSR count). The molecular formula is C9H16BrNO4. The molecule has 0 atom stereocenters. The van der Waals surface area contributed by atoms with Gasteiger partial charge < -0.3 is 14.4 Å². The molecule has 0 aromatic heterocycles. The number of methoxy groups -OCH3 is 1. The Hall–Kier alpha value is -0.620. The Bertz CT molecular complexity index is 210. The molecule has 1 amide bonds. The van der Waals surface area contributed by atoms with Crippen LogP contribution >= 0.6 is 15.9 Å². The van der Waals surface area contributed by atoms with Crippen LogP contribution in [0.2, 0.25) is 0 Å². The maximum atomic E-state index is 11.4. The third-order valence-corrected chi connectivity index (χ3v) is 2.14. The van der Waals surface area contributed by atoms with Crippen molar-refractivity contribution in [2.24, 2.45) is 0 Å². The average Bonchev–Trinajstić information content (AvgIpc) is 2.23. The van der Waals surface area contributed by atoms with Gasteiger partial charge in [-0.15, -0.1) is 0 Å². The summed E-state index contributed by atoms with van der Waals surface area (Å²) < 4.78 is 9.61. The van der Waals surface area contributed by atoms with Crippen molar-refractivity contribution >= 4 is 27.8 Å². The lowest BCUT2D eigenvalue weighted by molar-refractivity contribution is -0.148. The van der Waals surface area contributed by atoms with Crippen molar-refractivity contribution in [2.45, 2.75) is 6.92 Å². The first-order valence-corrected chi connectivity index (χ1v) is 5.76. The van der Waals surface area contributed by atoms with Gasteiger partial charge in [0.05, 0.1) is 18.5 Å². The Labute approximate surface area is 97.8 Å². The average molecular weight is 282 g/mol. The highest BCUT2D eigenvalue weighted by Gasteiger charge is 2.16. The van der Waals surface area contributed by atoms with Crippen molar-refractivity contribution in [1.29, 1.82) is 0 Å². The number of carbonyl (C=O) groups is 2. The summed E-state index contributed by atoms with van der Waals surface area (Å²) in [6.45, 7) is 2.81. The number of alkyl halides is 1. The number of hydrogen-bond donors (Lipinski definition) is 0. The first-order valence-electron chi connectivity index (χ1n) is 4.64. The largest absolute Gasteiger partial charge is 0.465 e. The van der Waals surface area contributed by atoms with Gasteiger partial charge in [0.2, 0.25) is 5.91 Å². The first-order chi connectivity index (χ1) is 7.15. The molecule has 0 bridgehead atoms. The molecule has 0 aliphatic carbocycles. The lowest BCUT2D eigenvalue weighted by Gasteiger charge is -2.20. The molecule has 0 aliphatic heterocycles. The molecule has 0 unspecified atom stereocenters. The molecule has 5 nitrogen and oxygen atoms in total. The highest BCUT2D eigenvalue weighted by atomic mass is 79.9. The van der Waals surface area contributed by atoms with E-state index < -0.39 is 5.97 Å². The van der Waals surface area contributed by atoms with E-state index in [2.05, 4.69) is 15.9 Å². The number of nitrogens with zero attached hydrogens (tertiary/aromatic N) is 1. The summed E-state index contributed by atoms with van der Waals surface area (Å²) in [5.74, 6) is -0.553. The van der Waals surface area contributed by atoms with Crippen LogP contribution in [-0.4, -0.2) is 55.5 Å². The van der Waals surface area contributed by atoms with Crippen LogP contribution in [0.4, 0.5) is 0 Å². The lowest BCUT2D eigenvalue weighted by Crippen LogP contribution is -2.39. The zero-order chi connectivity index (χ0) is 11.7. The van der Waals surface area contributed by atoms with Crippen LogP contribution in [0.5, 0.6) is 0 Å². The van der Waals surface area contributed by atoms with Gasteiger partial charge in [0.25, 0.3) is 0 Å². The van der Waals surface area contributed by atoms with Crippen LogP contribution in [0.25, 0.3) is 0 Å². The number of ether oxygens (including phenoxy) is 2. The highest BCUT2D eigenvalue weighted by Crippen LogP contribution is 1.95. The molecule has 0 aromatic rings. The van der Waals surface area contributed by atoms with E-state index >= 15 is 0 Å². The zero-order valence-electron chi connectivity index (χ0n) is 8.99. The Morgan fingerprint density at radius 3 is 2.53 bits per heavy atom. The SMILES string of the molecule is CCOC(=O)CN(CCOC)C(=O)CBr. The third kappa shape index (κ3) is 6.46. The molecule has 0 N–H and O–H groups in total. The van der Waals surface area contributed by atoms with E-state index in [1.165, 1.54) is 4.90 Å². The van der Waals surface area contributed by atoms with Gasteiger partial charge in [0.15, 0.2) is 0 Å². The van der Waals surface area contributed by atoms with Crippen molar-refractivity contribution < 1.29 is 19.1 Å². The summed E-state index contributed by atoms with van der Waals surface area (Å²) in [5, 5.41) is 0.191. The molecule has 0 saturated heterocycles. The van der Waals surface area contributed by atoms with Crippen molar-refractivity contribution in [2.75, 3.05) is 38.7 Å². The maximum Gasteiger partial charge on any atom is 0.325 e. The molecule has 0 aliphatic rings. The third-order valence-electron chi connectivity index (χ3n) is 1.66. The van der Waals surface area contributed by atoms with Crippen molar-refractivity contribution in [3.8, 4) is 0 Å². The number of amides is 1. The molecule has 0 aromatic carbocycles. The molecule has 6 heteroatoms. The Balaban J connectivity index is 4.11. The van der Waals surface area contributed by atoms with Crippen molar-refractivity contribution in [1.82, 2.24) is 4.90 Å². The topological polar surface area (TPSA) is 55.8 Å². The molecule has 0 fully saturated rings. The fourth-order valence-corrected chi connectivity index (χ4v) is 1.30. The molecule has 0 saturated carbocycles. The fraction of sp³-hybridized carbons (Fsp3) is 0.778. The highest BCUT2D eigenvalue weighted by molar-refractivity contribution is 9.09. The minimum absolute atomic E-state index is 0.0262. The smallest absolute Gasteiger partial charge is 0.325 e. The number of carbonyl (C=O) groups excluding carboxylic acids is 2. The second-order valence-corrected chi connectivity index (χ2v) is 3.31. The molecule has 0 spiro atoms. The molecule has 88 valence electrons. The van der Waals surface area contributed by atoms with E-state index in [9.17, 15) is 9.59 Å². The summed E-state index contributed by atoms with van der Waals surface area (Å²) >= 11 is 3.05. The normalized spacial score (nSPS) is 9.80. The van der Waals surface area contributed by atoms with E-state index in [1.54, 1.807) is 14.0 Å². The van der Waals surface area contributed by atoms with Crippen LogP contribution in [0.1, 0.15) is 6.92 Å². The summed E-state index contributed by atoms with van der Waals surface area (Å²) in [4.78, 5) is 23.9. The summed E-state index contributed by atoms with van der Waals surface area (Å²) in [5.41, 5.74) is 0. The summed E-state index contributed by atoms with van der Waals surface area (Å²) in [6, 6.07) is 0. The van der Waals surface area contributed by atoms with Crippen LogP contribution in [0.15, 0.2) is 0 Å². The summed E-state index contributed by atoms with van der Waals surface area (Å²) in [6.07, 6.45) is 0. The Morgan fingerprint density at radius 1 is 1.40 bits per heavy atom. The van der Waals surface area contributed by atoms with Gasteiger partial charge >= 0.3 is 5.97 Å². The van der Waals surface area contributed by atoms with Crippen molar-refractivity contribution in [3.63, 3.8) is 0 Å². The lowest BCUT2D eigenvalue weighted by atomic mass is 10.4. The van der Waals surface area contributed by atoms with Gasteiger partial charge in [0, 0.05) is 13.7 Å². The van der Waals surface area contributed by atoms with Crippen LogP contribution < -0.4 is 0 Å². The zero-order valence-corrected chi connectivity index (χ0v) is 10.6. The van der Waals surface area contributed by atoms with Gasteiger partial charge in [-0.3, -0.25) is 9.59 Å². The molecule has 15 heavy (non-hydrogen) atoms. The molecule has 0 heterocycles. The van der Waals surface area contributed by atoms with Gasteiger partial charge in [0.1, 0.15) is 6.54 Å². The standard InChI is InChI=1S/C9H16BrNO4/c1-3-15-9(13)7-11(4-5-14-2)8(12)6-10/h3-7H2,1-2H3. The minimum Gasteiger partial charge on any atom is -0.465 e. The predicted octanol–water partition coefficient (Wildman–Crippen LogP) is 0.419. The van der Waals surface area contributed by atoms with E-state index in [0.717, 1.165) is 0 Å². The molecular weight excluding hydrogens is 266 g/mol. The number of rotatable bonds is 7.